The molecular weight excluding hydrogens is 318 g/mol. The maximum absolute atomic E-state index is 12.0. The van der Waals surface area contributed by atoms with Gasteiger partial charge in [-0.1, -0.05) is 11.2 Å². The molecule has 1 aliphatic rings. The van der Waals surface area contributed by atoms with Crippen LogP contribution in [0.3, 0.4) is 0 Å². The molecule has 25 heavy (non-hydrogen) atoms. The van der Waals surface area contributed by atoms with E-state index in [2.05, 4.69) is 15.5 Å². The zero-order chi connectivity index (χ0) is 18.5. The molecule has 1 aromatic rings. The fourth-order valence-corrected chi connectivity index (χ4v) is 2.73. The number of carbonyl (C=O) groups is 1. The summed E-state index contributed by atoms with van der Waals surface area (Å²) in [5.74, 6) is 0. The molecule has 1 fully saturated rings. The van der Waals surface area contributed by atoms with E-state index in [9.17, 15) is 4.79 Å². The van der Waals surface area contributed by atoms with Crippen LogP contribution in [0.25, 0.3) is 0 Å². The van der Waals surface area contributed by atoms with Crippen molar-refractivity contribution in [2.75, 3.05) is 0 Å². The van der Waals surface area contributed by atoms with Gasteiger partial charge in [0.05, 0.1) is 11.4 Å². The first-order chi connectivity index (χ1) is 11.7. The molecule has 0 aliphatic heterocycles. The van der Waals surface area contributed by atoms with Crippen molar-refractivity contribution in [1.82, 2.24) is 10.3 Å². The first-order valence-corrected chi connectivity index (χ1v) is 8.77. The van der Waals surface area contributed by atoms with E-state index >= 15 is 0 Å². The zero-order valence-electron chi connectivity index (χ0n) is 15.9. The van der Waals surface area contributed by atoms with E-state index in [-0.39, 0.29) is 11.6 Å². The van der Waals surface area contributed by atoms with Crippen LogP contribution in [0, 0.1) is 6.92 Å². The summed E-state index contributed by atoms with van der Waals surface area (Å²) in [5, 5.41) is 7.24. The van der Waals surface area contributed by atoms with Crippen LogP contribution in [0.15, 0.2) is 23.4 Å². The predicted molar refractivity (Wildman–Crippen MR) is 97.4 cm³/mol. The number of amides is 1. The number of carbonyl (C=O) groups excluding carboxylic acids is 1. The zero-order valence-corrected chi connectivity index (χ0v) is 15.9. The summed E-state index contributed by atoms with van der Waals surface area (Å²) >= 11 is 0. The van der Waals surface area contributed by atoms with Crippen molar-refractivity contribution in [2.24, 2.45) is 5.16 Å². The van der Waals surface area contributed by atoms with Crippen LogP contribution in [0.2, 0.25) is 0 Å². The smallest absolute Gasteiger partial charge is 0.408 e. The third-order valence-electron chi connectivity index (χ3n) is 4.09. The second-order valence-electron chi connectivity index (χ2n) is 7.89. The predicted octanol–water partition coefficient (Wildman–Crippen LogP) is 4.12. The number of nitrogens with one attached hydrogen (secondary N) is 1. The SMILES string of the molecule is Cc1cccc(CON=C2CCC(C)(NC(=O)OC(C)(C)C)CC2)n1. The van der Waals surface area contributed by atoms with Crippen molar-refractivity contribution in [3.63, 3.8) is 0 Å². The van der Waals surface area contributed by atoms with E-state index in [0.29, 0.717) is 6.61 Å². The van der Waals surface area contributed by atoms with Crippen molar-refractivity contribution in [1.29, 1.82) is 0 Å². The largest absolute Gasteiger partial charge is 0.444 e. The first-order valence-electron chi connectivity index (χ1n) is 8.77. The number of hydrogen-bond donors (Lipinski definition) is 1. The quantitative estimate of drug-likeness (QED) is 0.832. The Kier molecular flexibility index (Phi) is 6.03. The Bertz CT molecular complexity index is 625. The number of ether oxygens (including phenoxy) is 1. The third kappa shape index (κ3) is 6.72. The average Bonchev–Trinajstić information content (AvgIpc) is 2.47. The van der Waals surface area contributed by atoms with Gasteiger partial charge >= 0.3 is 6.09 Å². The summed E-state index contributed by atoms with van der Waals surface area (Å²) in [6.45, 7) is 9.96. The lowest BCUT2D eigenvalue weighted by molar-refractivity contribution is 0.0450. The van der Waals surface area contributed by atoms with Crippen molar-refractivity contribution >= 4 is 11.8 Å². The van der Waals surface area contributed by atoms with Crippen LogP contribution in [-0.2, 0) is 16.2 Å². The van der Waals surface area contributed by atoms with E-state index in [1.807, 2.05) is 52.8 Å². The second kappa shape index (κ2) is 7.85. The monoisotopic (exact) mass is 347 g/mol. The maximum atomic E-state index is 12.0. The fourth-order valence-electron chi connectivity index (χ4n) is 2.73. The molecule has 0 atom stereocenters. The lowest BCUT2D eigenvalue weighted by Gasteiger charge is -2.35. The number of hydrogen-bond acceptors (Lipinski definition) is 5. The number of pyridine rings is 1. The minimum Gasteiger partial charge on any atom is -0.444 e. The lowest BCUT2D eigenvalue weighted by atomic mass is 9.82. The van der Waals surface area contributed by atoms with Crippen LogP contribution in [0.1, 0.15) is 64.8 Å². The molecule has 0 aromatic carbocycles. The summed E-state index contributed by atoms with van der Waals surface area (Å²) in [4.78, 5) is 21.8. The standard InChI is InChI=1S/C19H29N3O3/c1-14-7-6-8-16(20-14)13-24-22-15-9-11-19(5,12-10-15)21-17(23)25-18(2,3)4/h6-8H,9-13H2,1-5H3,(H,21,23). The Morgan fingerprint density at radius 2 is 2.00 bits per heavy atom. The molecule has 1 heterocycles. The van der Waals surface area contributed by atoms with Gasteiger partial charge in [-0.3, -0.25) is 4.98 Å². The van der Waals surface area contributed by atoms with Gasteiger partial charge in [-0.05, 0) is 72.4 Å². The minimum absolute atomic E-state index is 0.264. The van der Waals surface area contributed by atoms with Gasteiger partial charge < -0.3 is 14.9 Å². The maximum Gasteiger partial charge on any atom is 0.408 e. The molecule has 0 unspecified atom stereocenters. The van der Waals surface area contributed by atoms with Gasteiger partial charge in [-0.15, -0.1) is 0 Å². The molecule has 1 saturated carbocycles. The van der Waals surface area contributed by atoms with Crippen LogP contribution in [-0.4, -0.2) is 27.9 Å². The number of rotatable bonds is 4. The van der Waals surface area contributed by atoms with Crippen molar-refractivity contribution in [3.05, 3.63) is 29.6 Å². The van der Waals surface area contributed by atoms with E-state index in [0.717, 1.165) is 42.8 Å². The average molecular weight is 347 g/mol. The lowest BCUT2D eigenvalue weighted by Crippen LogP contribution is -2.50. The fraction of sp³-hybridized carbons (Fsp3) is 0.632. The molecule has 0 radical (unpaired) electrons. The molecule has 1 amide bonds. The van der Waals surface area contributed by atoms with Gasteiger partial charge in [0, 0.05) is 11.2 Å². The minimum atomic E-state index is -0.487. The summed E-state index contributed by atoms with van der Waals surface area (Å²) in [6, 6.07) is 5.84. The van der Waals surface area contributed by atoms with Crippen LogP contribution in [0.5, 0.6) is 0 Å². The van der Waals surface area contributed by atoms with Gasteiger partial charge in [0.1, 0.15) is 5.60 Å². The first kappa shape index (κ1) is 19.2. The highest BCUT2D eigenvalue weighted by atomic mass is 16.6. The summed E-state index contributed by atoms with van der Waals surface area (Å²) in [7, 11) is 0. The van der Waals surface area contributed by atoms with Crippen LogP contribution < -0.4 is 5.32 Å². The van der Waals surface area contributed by atoms with E-state index in [1.165, 1.54) is 0 Å². The van der Waals surface area contributed by atoms with Crippen molar-refractivity contribution in [3.8, 4) is 0 Å². The molecule has 0 spiro atoms. The van der Waals surface area contributed by atoms with Crippen molar-refractivity contribution < 1.29 is 14.4 Å². The highest BCUT2D eigenvalue weighted by Crippen LogP contribution is 2.27. The summed E-state index contributed by atoms with van der Waals surface area (Å²) in [5.41, 5.74) is 2.11. The van der Waals surface area contributed by atoms with Gasteiger partial charge in [0.15, 0.2) is 6.61 Å². The molecule has 0 bridgehead atoms. The number of alkyl carbamates (subject to hydrolysis) is 1. The number of aromatic nitrogens is 1. The number of oxime groups is 1. The highest BCUT2D eigenvalue weighted by molar-refractivity contribution is 5.85. The molecule has 6 nitrogen and oxygen atoms in total. The highest BCUT2D eigenvalue weighted by Gasteiger charge is 2.32. The number of aryl methyl sites for hydroxylation is 1. The molecule has 1 aromatic heterocycles. The molecule has 1 N–H and O–H groups in total. The topological polar surface area (TPSA) is 72.8 Å². The second-order valence-corrected chi connectivity index (χ2v) is 7.89. The Hall–Kier alpha value is -2.11. The van der Waals surface area contributed by atoms with E-state index in [4.69, 9.17) is 9.57 Å². The van der Waals surface area contributed by atoms with Crippen LogP contribution >= 0.6 is 0 Å². The van der Waals surface area contributed by atoms with Crippen LogP contribution in [0.4, 0.5) is 4.79 Å². The number of nitrogens with zero attached hydrogens (tertiary/aromatic N) is 2. The Balaban J connectivity index is 1.79. The Labute approximate surface area is 150 Å². The van der Waals surface area contributed by atoms with E-state index in [1.54, 1.807) is 0 Å². The summed E-state index contributed by atoms with van der Waals surface area (Å²) < 4.78 is 5.34. The normalized spacial score (nSPS) is 20.8. The van der Waals surface area contributed by atoms with Gasteiger partial charge in [-0.2, -0.15) is 0 Å². The summed E-state index contributed by atoms with van der Waals surface area (Å²) in [6.07, 6.45) is 2.87. The Morgan fingerprint density at radius 1 is 1.32 bits per heavy atom. The molecule has 0 saturated heterocycles. The molecule has 138 valence electrons. The van der Waals surface area contributed by atoms with Gasteiger partial charge in [-0.25, -0.2) is 4.79 Å². The molecule has 2 rings (SSSR count). The van der Waals surface area contributed by atoms with Gasteiger partial charge in [0.25, 0.3) is 0 Å². The Morgan fingerprint density at radius 3 is 2.60 bits per heavy atom. The van der Waals surface area contributed by atoms with Gasteiger partial charge in [0.2, 0.25) is 0 Å². The molecular formula is C19H29N3O3. The van der Waals surface area contributed by atoms with E-state index < -0.39 is 5.60 Å². The van der Waals surface area contributed by atoms with Crippen molar-refractivity contribution in [2.45, 2.75) is 78.0 Å². The molecule has 6 heteroatoms. The molecule has 1 aliphatic carbocycles. The third-order valence-corrected chi connectivity index (χ3v) is 4.09.